The third kappa shape index (κ3) is 9.21. The predicted molar refractivity (Wildman–Crippen MR) is 156 cm³/mol. The van der Waals surface area contributed by atoms with E-state index in [0.717, 1.165) is 11.0 Å². The van der Waals surface area contributed by atoms with Crippen molar-refractivity contribution in [2.75, 3.05) is 24.5 Å². The number of carboxylic acids is 2. The van der Waals surface area contributed by atoms with Gasteiger partial charge in [0.2, 0.25) is 0 Å². The number of piperidine rings is 1. The second-order valence-electron chi connectivity index (χ2n) is 10.1. The van der Waals surface area contributed by atoms with Gasteiger partial charge < -0.3 is 30.9 Å². The number of nitrogens with two attached hydrogens (primary N) is 1. The molecule has 3 rings (SSSR count). The molecule has 0 bridgehead atoms. The fourth-order valence-corrected chi connectivity index (χ4v) is 4.51. The van der Waals surface area contributed by atoms with Gasteiger partial charge in [-0.25, -0.2) is 9.59 Å². The van der Waals surface area contributed by atoms with Crippen LogP contribution >= 0.6 is 0 Å². The molecule has 1 fully saturated rings. The van der Waals surface area contributed by atoms with Crippen molar-refractivity contribution in [3.8, 4) is 5.75 Å². The molecule has 12 nitrogen and oxygen atoms in total. The van der Waals surface area contributed by atoms with Crippen LogP contribution in [0.1, 0.15) is 42.9 Å². The minimum Gasteiger partial charge on any atom is -0.490 e. The maximum atomic E-state index is 14.2. The summed E-state index contributed by atoms with van der Waals surface area (Å²) in [7, 11) is 0. The lowest BCUT2D eigenvalue weighted by molar-refractivity contribution is -0.145. The number of rotatable bonds is 11. The summed E-state index contributed by atoms with van der Waals surface area (Å²) in [4.78, 5) is 38.6. The van der Waals surface area contributed by atoms with E-state index in [4.69, 9.17) is 26.4 Å². The molecule has 1 aliphatic rings. The van der Waals surface area contributed by atoms with E-state index < -0.39 is 54.0 Å². The maximum Gasteiger partial charge on any atom is 0.420 e. The number of likely N-dealkylation sites (tertiary alicyclic amines) is 1. The van der Waals surface area contributed by atoms with E-state index in [9.17, 15) is 32.7 Å². The summed E-state index contributed by atoms with van der Waals surface area (Å²) in [5.74, 6) is -3.41. The molecule has 1 atom stereocenters. The van der Waals surface area contributed by atoms with Crippen LogP contribution in [0.5, 0.6) is 5.75 Å². The van der Waals surface area contributed by atoms with E-state index in [2.05, 4.69) is 5.32 Å². The van der Waals surface area contributed by atoms with Crippen LogP contribution in [0.15, 0.2) is 48.5 Å². The number of benzene rings is 2. The zero-order chi connectivity index (χ0) is 32.6. The quantitative estimate of drug-likeness (QED) is 0.161. The molecule has 1 saturated heterocycles. The van der Waals surface area contributed by atoms with E-state index in [1.807, 2.05) is 0 Å². The zero-order valence-electron chi connectivity index (χ0n) is 23.7. The highest BCUT2D eigenvalue weighted by atomic mass is 19.4. The summed E-state index contributed by atoms with van der Waals surface area (Å²) in [6.45, 7) is 2.20. The minimum atomic E-state index is -4.88. The van der Waals surface area contributed by atoms with Gasteiger partial charge in [-0.3, -0.25) is 20.5 Å². The van der Waals surface area contributed by atoms with Crippen LogP contribution in [0, 0.1) is 10.8 Å². The van der Waals surface area contributed by atoms with Crippen molar-refractivity contribution in [1.29, 1.82) is 10.8 Å². The van der Waals surface area contributed by atoms with Gasteiger partial charge in [0.05, 0.1) is 17.8 Å². The largest absolute Gasteiger partial charge is 0.490 e. The number of anilines is 1. The Hall–Kier alpha value is -5.08. The smallest absolute Gasteiger partial charge is 0.420 e. The number of amidine groups is 2. The van der Waals surface area contributed by atoms with Crippen LogP contribution in [-0.4, -0.2) is 76.5 Å². The first-order valence-electron chi connectivity index (χ1n) is 13.5. The van der Waals surface area contributed by atoms with Crippen LogP contribution in [0.3, 0.4) is 0 Å². The Balaban J connectivity index is 1.94. The second-order valence-corrected chi connectivity index (χ2v) is 10.1. The van der Waals surface area contributed by atoms with Gasteiger partial charge in [-0.2, -0.15) is 13.2 Å². The molecule has 2 aromatic carbocycles. The lowest BCUT2D eigenvalue weighted by Gasteiger charge is -2.33. The van der Waals surface area contributed by atoms with Crippen molar-refractivity contribution in [3.63, 3.8) is 0 Å². The zero-order valence-corrected chi connectivity index (χ0v) is 23.7. The molecule has 0 aliphatic carbocycles. The molecule has 0 radical (unpaired) electrons. The van der Waals surface area contributed by atoms with Crippen molar-refractivity contribution in [2.24, 2.45) is 5.73 Å². The highest BCUT2D eigenvalue weighted by molar-refractivity contribution is 5.96. The molecule has 1 aliphatic heterocycles. The molecular formula is C29H33F3N6O6. The Morgan fingerprint density at radius 3 is 2.41 bits per heavy atom. The summed E-state index contributed by atoms with van der Waals surface area (Å²) in [6.07, 6.45) is -2.60. The van der Waals surface area contributed by atoms with Crippen molar-refractivity contribution >= 4 is 41.4 Å². The van der Waals surface area contributed by atoms with Crippen LogP contribution in [0.25, 0.3) is 6.08 Å². The molecule has 0 saturated carbocycles. The first kappa shape index (κ1) is 33.4. The number of nitrogen functional groups attached to an aromatic ring is 1. The van der Waals surface area contributed by atoms with Crippen molar-refractivity contribution < 1.29 is 42.5 Å². The van der Waals surface area contributed by atoms with Crippen LogP contribution < -0.4 is 20.7 Å². The molecule has 2 amide bonds. The molecule has 7 N–H and O–H groups in total. The maximum absolute atomic E-state index is 14.2. The van der Waals surface area contributed by atoms with Crippen molar-refractivity contribution in [2.45, 2.75) is 44.5 Å². The van der Waals surface area contributed by atoms with E-state index in [1.165, 1.54) is 18.2 Å². The number of carbonyl (C=O) groups excluding carboxylic acids is 1. The Morgan fingerprint density at radius 2 is 1.84 bits per heavy atom. The number of aliphatic carboxylic acids is 2. The van der Waals surface area contributed by atoms with Gasteiger partial charge in [-0.05, 0) is 36.8 Å². The van der Waals surface area contributed by atoms with Crippen LogP contribution in [-0.2, 0) is 15.8 Å². The molecule has 1 heterocycles. The number of carbonyl (C=O) groups is 3. The molecule has 2 aromatic rings. The Bertz CT molecular complexity index is 1440. The fourth-order valence-electron chi connectivity index (χ4n) is 4.51. The molecule has 0 aromatic heterocycles. The Kier molecular flexibility index (Phi) is 10.9. The summed E-state index contributed by atoms with van der Waals surface area (Å²) in [5.41, 5.74) is 5.09. The first-order chi connectivity index (χ1) is 20.6. The fraction of sp³-hybridized carbons (Fsp3) is 0.345. The highest BCUT2D eigenvalue weighted by Crippen LogP contribution is 2.39. The summed E-state index contributed by atoms with van der Waals surface area (Å²) in [6, 6.07) is 6.51. The van der Waals surface area contributed by atoms with Gasteiger partial charge >= 0.3 is 24.1 Å². The number of urea groups is 1. The number of carboxylic acid groups (broad SMARTS) is 2. The number of hydrogen-bond donors (Lipinski definition) is 6. The number of nitrogens with one attached hydrogen (secondary N) is 3. The Morgan fingerprint density at radius 1 is 1.16 bits per heavy atom. The van der Waals surface area contributed by atoms with E-state index in [1.54, 1.807) is 36.1 Å². The summed E-state index contributed by atoms with van der Waals surface area (Å²) < 4.78 is 48.4. The highest BCUT2D eigenvalue weighted by Gasteiger charge is 2.37. The SMILES string of the molecule is CC(=N)N1CCC(Oc2ccc(N(CC=Cc3cccc(C(=N)N)c3)C(=O)NC(CC(=O)O)C(=O)O)cc2C(F)(F)F)CC1. The van der Waals surface area contributed by atoms with Gasteiger partial charge in [0.25, 0.3) is 0 Å². The topological polar surface area (TPSA) is 193 Å². The van der Waals surface area contributed by atoms with Gasteiger partial charge in [0, 0.05) is 43.7 Å². The molecule has 0 spiro atoms. The molecular weight excluding hydrogens is 585 g/mol. The second kappa shape index (κ2) is 14.4. The number of halogens is 3. The number of amides is 2. The molecule has 236 valence electrons. The predicted octanol–water partition coefficient (Wildman–Crippen LogP) is 3.99. The number of nitrogens with zero attached hydrogens (tertiary/aromatic N) is 2. The van der Waals surface area contributed by atoms with Crippen molar-refractivity contribution in [3.05, 3.63) is 65.2 Å². The third-order valence-electron chi connectivity index (χ3n) is 6.81. The van der Waals surface area contributed by atoms with Gasteiger partial charge in [-0.1, -0.05) is 30.4 Å². The summed E-state index contributed by atoms with van der Waals surface area (Å²) >= 11 is 0. The molecule has 44 heavy (non-hydrogen) atoms. The molecule has 15 heteroatoms. The average molecular weight is 619 g/mol. The first-order valence-corrected chi connectivity index (χ1v) is 13.5. The summed E-state index contributed by atoms with van der Waals surface area (Å²) in [5, 5.41) is 35.8. The molecule has 1 unspecified atom stereocenters. The minimum absolute atomic E-state index is 0.184. The third-order valence-corrected chi connectivity index (χ3v) is 6.81. The lowest BCUT2D eigenvalue weighted by Crippen LogP contribution is -2.49. The van der Waals surface area contributed by atoms with E-state index in [-0.39, 0.29) is 18.1 Å². The Labute approximate surface area is 250 Å². The van der Waals surface area contributed by atoms with Crippen LogP contribution in [0.2, 0.25) is 0 Å². The monoisotopic (exact) mass is 618 g/mol. The van der Waals surface area contributed by atoms with Gasteiger partial charge in [0.1, 0.15) is 23.7 Å². The average Bonchev–Trinajstić information content (AvgIpc) is 2.95. The van der Waals surface area contributed by atoms with Gasteiger partial charge in [0.15, 0.2) is 0 Å². The van der Waals surface area contributed by atoms with Crippen LogP contribution in [0.4, 0.5) is 23.7 Å². The number of ether oxygens (including phenoxy) is 1. The van der Waals surface area contributed by atoms with Crippen molar-refractivity contribution in [1.82, 2.24) is 10.2 Å². The number of alkyl halides is 3. The van der Waals surface area contributed by atoms with E-state index >= 15 is 0 Å². The van der Waals surface area contributed by atoms with Gasteiger partial charge in [-0.15, -0.1) is 0 Å². The standard InChI is InChI=1S/C29H33F3N6O6/c1-17(33)37-12-9-21(10-13-37)44-24-8-7-20(15-22(24)29(30,31)32)38(28(43)36-23(27(41)42)16-25(39)40)11-3-5-18-4-2-6-19(14-18)26(34)35/h2-8,14-15,21,23,33H,9-13,16H2,1H3,(H3,34,35)(H,36,43)(H,39,40)(H,41,42). The normalized spacial score (nSPS) is 14.6. The number of hydrogen-bond acceptors (Lipinski definition) is 6. The van der Waals surface area contributed by atoms with E-state index in [0.29, 0.717) is 49.0 Å². The lowest BCUT2D eigenvalue weighted by atomic mass is 10.1.